The highest BCUT2D eigenvalue weighted by Crippen LogP contribution is 2.34. The van der Waals surface area contributed by atoms with Crippen molar-refractivity contribution in [3.8, 4) is 6.07 Å². The molecule has 1 fully saturated rings. The summed E-state index contributed by atoms with van der Waals surface area (Å²) >= 11 is 0. The van der Waals surface area contributed by atoms with Gasteiger partial charge in [0.25, 0.3) is 0 Å². The first-order valence-electron chi connectivity index (χ1n) is 7.35. The van der Waals surface area contributed by atoms with Crippen LogP contribution in [0.5, 0.6) is 0 Å². The fourth-order valence-electron chi connectivity index (χ4n) is 2.99. The smallest absolute Gasteiger partial charge is 0.142 e. The van der Waals surface area contributed by atoms with Gasteiger partial charge < -0.3 is 10.1 Å². The van der Waals surface area contributed by atoms with Crippen LogP contribution in [0.2, 0.25) is 0 Å². The second-order valence-electron chi connectivity index (χ2n) is 5.56. The Morgan fingerprint density at radius 1 is 1.41 bits per heavy atom. The summed E-state index contributed by atoms with van der Waals surface area (Å²) in [7, 11) is 1.95. The van der Waals surface area contributed by atoms with Crippen LogP contribution in [-0.2, 0) is 11.8 Å². The molecular formula is C16H19N5O. The Morgan fingerprint density at radius 2 is 2.23 bits per heavy atom. The van der Waals surface area contributed by atoms with Crippen molar-refractivity contribution in [1.29, 1.82) is 5.26 Å². The summed E-state index contributed by atoms with van der Waals surface area (Å²) in [5.41, 5.74) is 3.68. The molecule has 1 aliphatic rings. The second-order valence-corrected chi connectivity index (χ2v) is 5.56. The molecule has 0 aliphatic carbocycles. The Labute approximate surface area is 129 Å². The predicted octanol–water partition coefficient (Wildman–Crippen LogP) is 2.25. The van der Waals surface area contributed by atoms with E-state index < -0.39 is 0 Å². The molecule has 22 heavy (non-hydrogen) atoms. The number of nitriles is 1. The van der Waals surface area contributed by atoms with Gasteiger partial charge >= 0.3 is 0 Å². The molecule has 0 unspecified atom stereocenters. The molecule has 3 heterocycles. The minimum absolute atomic E-state index is 0.0405. The summed E-state index contributed by atoms with van der Waals surface area (Å²) in [5, 5.41) is 16.8. The molecular weight excluding hydrogens is 278 g/mol. The van der Waals surface area contributed by atoms with Gasteiger partial charge in [-0.2, -0.15) is 10.4 Å². The first kappa shape index (κ1) is 14.5. The van der Waals surface area contributed by atoms with Crippen LogP contribution < -0.4 is 5.32 Å². The van der Waals surface area contributed by atoms with E-state index in [2.05, 4.69) is 28.4 Å². The van der Waals surface area contributed by atoms with Gasteiger partial charge in [0.2, 0.25) is 0 Å². The van der Waals surface area contributed by atoms with Crippen molar-refractivity contribution in [2.75, 3.05) is 11.9 Å². The molecule has 6 heteroatoms. The van der Waals surface area contributed by atoms with Crippen LogP contribution >= 0.6 is 0 Å². The normalized spacial score (nSPS) is 20.8. The number of ether oxygens (including phenoxy) is 1. The quantitative estimate of drug-likeness (QED) is 0.940. The first-order valence-corrected chi connectivity index (χ1v) is 7.35. The number of rotatable bonds is 3. The number of aromatic nitrogens is 3. The Hall–Kier alpha value is -2.39. The lowest BCUT2D eigenvalue weighted by Gasteiger charge is -2.21. The van der Waals surface area contributed by atoms with Crippen LogP contribution in [0.4, 0.5) is 5.82 Å². The van der Waals surface area contributed by atoms with Gasteiger partial charge in [0, 0.05) is 24.9 Å². The minimum Gasteiger partial charge on any atom is -0.371 e. The Bertz CT molecular complexity index is 731. The molecule has 1 aliphatic heterocycles. The molecule has 1 N–H and O–H groups in total. The van der Waals surface area contributed by atoms with Crippen molar-refractivity contribution in [2.45, 2.75) is 32.4 Å². The number of anilines is 1. The summed E-state index contributed by atoms with van der Waals surface area (Å²) in [6.07, 6.45) is 0.859. The highest BCUT2D eigenvalue weighted by atomic mass is 16.5. The monoisotopic (exact) mass is 297 g/mol. The molecule has 2 aromatic rings. The average molecular weight is 297 g/mol. The van der Waals surface area contributed by atoms with Crippen LogP contribution in [0.3, 0.4) is 0 Å². The standard InChI is InChI=1S/C16H19N5O/c1-10-15(11(2)21(3)20-10)16-13(7-8-22-16)19-14-6-4-5-12(9-17)18-14/h4-6,13,16H,7-8H2,1-3H3,(H,18,19)/t13-,16-/m0/s1. The SMILES string of the molecule is Cc1nn(C)c(C)c1[C@H]1OCC[C@@H]1Nc1cccc(C#N)n1. The summed E-state index contributed by atoms with van der Waals surface area (Å²) in [6.45, 7) is 4.77. The van der Waals surface area contributed by atoms with Crippen LogP contribution in [-0.4, -0.2) is 27.4 Å². The maximum absolute atomic E-state index is 8.95. The molecule has 0 spiro atoms. The molecule has 6 nitrogen and oxygen atoms in total. The first-order chi connectivity index (χ1) is 10.6. The fraction of sp³-hybridized carbons (Fsp3) is 0.438. The lowest BCUT2D eigenvalue weighted by Crippen LogP contribution is -2.24. The Morgan fingerprint density at radius 3 is 2.91 bits per heavy atom. The molecule has 2 atom stereocenters. The molecule has 1 saturated heterocycles. The van der Waals surface area contributed by atoms with E-state index in [1.165, 1.54) is 0 Å². The number of aryl methyl sites for hydroxylation is 2. The number of nitrogens with one attached hydrogen (secondary N) is 1. The van der Waals surface area contributed by atoms with Crippen LogP contribution in [0.15, 0.2) is 18.2 Å². The molecule has 0 saturated carbocycles. The van der Waals surface area contributed by atoms with E-state index in [0.717, 1.165) is 23.4 Å². The van der Waals surface area contributed by atoms with Crippen LogP contribution in [0.25, 0.3) is 0 Å². The predicted molar refractivity (Wildman–Crippen MR) is 82.4 cm³/mol. The maximum Gasteiger partial charge on any atom is 0.142 e. The molecule has 0 aromatic carbocycles. The zero-order valence-electron chi connectivity index (χ0n) is 13.0. The van der Waals surface area contributed by atoms with Crippen molar-refractivity contribution in [1.82, 2.24) is 14.8 Å². The van der Waals surface area contributed by atoms with E-state index in [0.29, 0.717) is 18.1 Å². The fourth-order valence-corrected chi connectivity index (χ4v) is 2.99. The van der Waals surface area contributed by atoms with E-state index in [9.17, 15) is 0 Å². The molecule has 114 valence electrons. The molecule has 0 amide bonds. The van der Waals surface area contributed by atoms with Gasteiger partial charge in [-0.1, -0.05) is 6.07 Å². The van der Waals surface area contributed by atoms with E-state index in [1.807, 2.05) is 30.8 Å². The minimum atomic E-state index is -0.0405. The molecule has 0 radical (unpaired) electrons. The van der Waals surface area contributed by atoms with Gasteiger partial charge in [0.15, 0.2) is 0 Å². The van der Waals surface area contributed by atoms with E-state index in [-0.39, 0.29) is 12.1 Å². The van der Waals surface area contributed by atoms with Gasteiger partial charge in [-0.25, -0.2) is 4.98 Å². The van der Waals surface area contributed by atoms with Gasteiger partial charge in [-0.3, -0.25) is 4.68 Å². The number of nitrogens with zero attached hydrogens (tertiary/aromatic N) is 4. The van der Waals surface area contributed by atoms with Crippen molar-refractivity contribution in [2.24, 2.45) is 7.05 Å². The van der Waals surface area contributed by atoms with Crippen molar-refractivity contribution in [3.05, 3.63) is 40.8 Å². The second kappa shape index (κ2) is 5.78. The third-order valence-corrected chi connectivity index (χ3v) is 4.14. The molecule has 2 aromatic heterocycles. The topological polar surface area (TPSA) is 75.8 Å². The maximum atomic E-state index is 8.95. The van der Waals surface area contributed by atoms with Gasteiger partial charge in [-0.15, -0.1) is 0 Å². The summed E-state index contributed by atoms with van der Waals surface area (Å²) in [4.78, 5) is 4.28. The Balaban J connectivity index is 1.86. The van der Waals surface area contributed by atoms with Gasteiger partial charge in [0.1, 0.15) is 23.7 Å². The van der Waals surface area contributed by atoms with Crippen LogP contribution in [0.1, 0.15) is 35.2 Å². The average Bonchev–Trinajstić information content (AvgIpc) is 3.04. The highest BCUT2D eigenvalue weighted by molar-refractivity contribution is 5.41. The Kier molecular flexibility index (Phi) is 3.82. The summed E-state index contributed by atoms with van der Waals surface area (Å²) in [6, 6.07) is 7.59. The van der Waals surface area contributed by atoms with Crippen LogP contribution in [0, 0.1) is 25.2 Å². The van der Waals surface area contributed by atoms with Gasteiger partial charge in [0.05, 0.1) is 11.7 Å². The van der Waals surface area contributed by atoms with E-state index >= 15 is 0 Å². The number of hydrogen-bond acceptors (Lipinski definition) is 5. The van der Waals surface area contributed by atoms with E-state index in [4.69, 9.17) is 10.00 Å². The van der Waals surface area contributed by atoms with Crippen molar-refractivity contribution in [3.63, 3.8) is 0 Å². The summed E-state index contributed by atoms with van der Waals surface area (Å²) in [5.74, 6) is 0.707. The largest absolute Gasteiger partial charge is 0.371 e. The van der Waals surface area contributed by atoms with E-state index in [1.54, 1.807) is 6.07 Å². The molecule has 3 rings (SSSR count). The lowest BCUT2D eigenvalue weighted by atomic mass is 10.0. The number of hydrogen-bond donors (Lipinski definition) is 1. The zero-order chi connectivity index (χ0) is 15.7. The van der Waals surface area contributed by atoms with Crippen molar-refractivity contribution < 1.29 is 4.74 Å². The van der Waals surface area contributed by atoms with Gasteiger partial charge in [-0.05, 0) is 32.4 Å². The molecule has 0 bridgehead atoms. The third kappa shape index (κ3) is 2.55. The highest BCUT2D eigenvalue weighted by Gasteiger charge is 2.33. The lowest BCUT2D eigenvalue weighted by molar-refractivity contribution is 0.106. The summed E-state index contributed by atoms with van der Waals surface area (Å²) < 4.78 is 7.83. The van der Waals surface area contributed by atoms with Crippen molar-refractivity contribution >= 4 is 5.82 Å². The zero-order valence-corrected chi connectivity index (χ0v) is 13.0. The third-order valence-electron chi connectivity index (χ3n) is 4.14. The number of pyridine rings is 1.